The van der Waals surface area contributed by atoms with E-state index < -0.39 is 0 Å². The van der Waals surface area contributed by atoms with E-state index in [1.807, 2.05) is 36.5 Å². The van der Waals surface area contributed by atoms with E-state index in [0.29, 0.717) is 0 Å². The first-order chi connectivity index (χ1) is 7.84. The molecule has 16 heavy (non-hydrogen) atoms. The topological polar surface area (TPSA) is 38.9 Å². The van der Waals surface area contributed by atoms with Gasteiger partial charge in [-0.25, -0.2) is 4.98 Å². The third-order valence-corrected chi connectivity index (χ3v) is 3.00. The van der Waals surface area contributed by atoms with Gasteiger partial charge in [0.2, 0.25) is 0 Å². The number of pyridine rings is 1. The number of rotatable bonds is 1. The summed E-state index contributed by atoms with van der Waals surface area (Å²) < 4.78 is 6.50. The predicted molar refractivity (Wildman–Crippen MR) is 70.0 cm³/mol. The molecule has 1 aromatic carbocycles. The summed E-state index contributed by atoms with van der Waals surface area (Å²) in [5.41, 5.74) is 3.53. The van der Waals surface area contributed by atoms with Gasteiger partial charge in [0.1, 0.15) is 5.52 Å². The van der Waals surface area contributed by atoms with Crippen LogP contribution in [0.1, 0.15) is 0 Å². The first-order valence-electron chi connectivity index (χ1n) is 4.79. The van der Waals surface area contributed by atoms with E-state index in [9.17, 15) is 0 Å². The Hall–Kier alpha value is -1.43. The number of benzene rings is 1. The van der Waals surface area contributed by atoms with E-state index in [1.165, 1.54) is 6.39 Å². The quantitative estimate of drug-likeness (QED) is 0.644. The molecule has 0 radical (unpaired) electrons. The molecule has 0 aliphatic carbocycles. The molecule has 0 unspecified atom stereocenters. The van der Waals surface area contributed by atoms with Crippen molar-refractivity contribution in [3.05, 3.63) is 46.5 Å². The van der Waals surface area contributed by atoms with Crippen molar-refractivity contribution in [2.24, 2.45) is 0 Å². The number of para-hydroxylation sites is 1. The lowest BCUT2D eigenvalue weighted by atomic mass is 10.1. The van der Waals surface area contributed by atoms with Gasteiger partial charge in [0, 0.05) is 15.3 Å². The van der Waals surface area contributed by atoms with Gasteiger partial charge >= 0.3 is 0 Å². The highest BCUT2D eigenvalue weighted by Crippen LogP contribution is 2.26. The second-order valence-corrected chi connectivity index (χ2v) is 4.61. The van der Waals surface area contributed by atoms with E-state index in [4.69, 9.17) is 4.42 Å². The van der Waals surface area contributed by atoms with Crippen LogP contribution in [0.4, 0.5) is 0 Å². The first-order valence-corrected chi connectivity index (χ1v) is 5.86. The van der Waals surface area contributed by atoms with Gasteiger partial charge in [-0.15, -0.1) is 0 Å². The van der Waals surface area contributed by atoms with Crippen LogP contribution in [0.3, 0.4) is 0 Å². The molecule has 78 valence electrons. The van der Waals surface area contributed by atoms with Crippen molar-refractivity contribution in [2.75, 3.05) is 0 Å². The second kappa shape index (κ2) is 3.86. The van der Waals surface area contributed by atoms with Gasteiger partial charge < -0.3 is 4.42 Å². The van der Waals surface area contributed by atoms with E-state index in [2.05, 4.69) is 32.6 Å². The highest BCUT2D eigenvalue weighted by Gasteiger charge is 2.07. The Morgan fingerprint density at radius 1 is 1.06 bits per heavy atom. The molecule has 3 rings (SSSR count). The average Bonchev–Trinajstić information content (AvgIpc) is 2.78. The molecule has 0 spiro atoms. The molecule has 3 aromatic rings. The summed E-state index contributed by atoms with van der Waals surface area (Å²) in [5.74, 6) is 0. The third-order valence-electron chi connectivity index (χ3n) is 2.36. The monoisotopic (exact) mass is 322 g/mol. The molecule has 0 bridgehead atoms. The van der Waals surface area contributed by atoms with Gasteiger partial charge in [-0.3, -0.25) is 4.98 Å². The number of halogens is 1. The van der Waals surface area contributed by atoms with Crippen molar-refractivity contribution in [3.8, 4) is 11.3 Å². The fourth-order valence-electron chi connectivity index (χ4n) is 1.62. The zero-order valence-electron chi connectivity index (χ0n) is 8.22. The van der Waals surface area contributed by atoms with Crippen LogP contribution in [0.25, 0.3) is 22.4 Å². The SMILES string of the molecule is Ic1ccc(-c2cccc3ncoc23)nc1. The highest BCUT2D eigenvalue weighted by molar-refractivity contribution is 14.1. The molecular weight excluding hydrogens is 315 g/mol. The normalized spacial score (nSPS) is 10.8. The number of oxazole rings is 1. The van der Waals surface area contributed by atoms with Crippen LogP contribution in [-0.4, -0.2) is 9.97 Å². The Morgan fingerprint density at radius 2 is 2.00 bits per heavy atom. The summed E-state index contributed by atoms with van der Waals surface area (Å²) in [6.07, 6.45) is 3.30. The minimum absolute atomic E-state index is 0.788. The van der Waals surface area contributed by atoms with Crippen molar-refractivity contribution in [1.82, 2.24) is 9.97 Å². The predicted octanol–water partition coefficient (Wildman–Crippen LogP) is 3.49. The fourth-order valence-corrected chi connectivity index (χ4v) is 1.94. The zero-order chi connectivity index (χ0) is 11.0. The number of nitrogens with zero attached hydrogens (tertiary/aromatic N) is 2. The van der Waals surface area contributed by atoms with Crippen molar-refractivity contribution >= 4 is 33.7 Å². The molecule has 0 saturated heterocycles. The smallest absolute Gasteiger partial charge is 0.182 e. The summed E-state index contributed by atoms with van der Waals surface area (Å²) in [4.78, 5) is 8.51. The molecule has 4 heteroatoms. The maximum atomic E-state index is 5.38. The molecule has 0 amide bonds. The van der Waals surface area contributed by atoms with Gasteiger partial charge in [0.25, 0.3) is 0 Å². The van der Waals surface area contributed by atoms with Crippen LogP contribution in [0.5, 0.6) is 0 Å². The number of aromatic nitrogens is 2. The lowest BCUT2D eigenvalue weighted by Gasteiger charge is -2.00. The van der Waals surface area contributed by atoms with Crippen molar-refractivity contribution in [1.29, 1.82) is 0 Å². The summed E-state index contributed by atoms with van der Waals surface area (Å²) in [6, 6.07) is 9.88. The van der Waals surface area contributed by atoms with Gasteiger partial charge in [-0.1, -0.05) is 6.07 Å². The Morgan fingerprint density at radius 3 is 2.81 bits per heavy atom. The van der Waals surface area contributed by atoms with Crippen LogP contribution in [0.15, 0.2) is 47.3 Å². The molecular formula is C12H7IN2O. The number of fused-ring (bicyclic) bond motifs is 1. The number of hydrogen-bond donors (Lipinski definition) is 0. The summed E-state index contributed by atoms with van der Waals surface area (Å²) >= 11 is 2.23. The Balaban J connectivity index is 2.25. The summed E-state index contributed by atoms with van der Waals surface area (Å²) in [7, 11) is 0. The molecule has 0 atom stereocenters. The van der Waals surface area contributed by atoms with Crippen LogP contribution < -0.4 is 0 Å². The largest absolute Gasteiger partial charge is 0.443 e. The highest BCUT2D eigenvalue weighted by atomic mass is 127. The Kier molecular flexibility index (Phi) is 2.36. The molecule has 3 nitrogen and oxygen atoms in total. The molecule has 0 saturated carbocycles. The third kappa shape index (κ3) is 1.59. The first kappa shape index (κ1) is 9.77. The molecule has 2 aromatic heterocycles. The Bertz CT molecular complexity index is 631. The van der Waals surface area contributed by atoms with Crippen molar-refractivity contribution in [2.45, 2.75) is 0 Å². The number of hydrogen-bond acceptors (Lipinski definition) is 3. The minimum atomic E-state index is 0.788. The maximum absolute atomic E-state index is 5.38. The van der Waals surface area contributed by atoms with Crippen LogP contribution in [0.2, 0.25) is 0 Å². The van der Waals surface area contributed by atoms with Crippen LogP contribution in [-0.2, 0) is 0 Å². The molecule has 0 N–H and O–H groups in total. The minimum Gasteiger partial charge on any atom is -0.443 e. The molecule has 0 aliphatic heterocycles. The maximum Gasteiger partial charge on any atom is 0.182 e. The van der Waals surface area contributed by atoms with Gasteiger partial charge in [-0.2, -0.15) is 0 Å². The van der Waals surface area contributed by atoms with Gasteiger partial charge in [0.15, 0.2) is 12.0 Å². The van der Waals surface area contributed by atoms with E-state index in [1.54, 1.807) is 0 Å². The summed E-state index contributed by atoms with van der Waals surface area (Å²) in [6.45, 7) is 0. The van der Waals surface area contributed by atoms with Crippen molar-refractivity contribution in [3.63, 3.8) is 0 Å². The van der Waals surface area contributed by atoms with E-state index in [0.717, 1.165) is 25.9 Å². The Labute approximate surface area is 106 Å². The summed E-state index contributed by atoms with van der Waals surface area (Å²) in [5, 5.41) is 0. The zero-order valence-corrected chi connectivity index (χ0v) is 10.4. The van der Waals surface area contributed by atoms with E-state index in [-0.39, 0.29) is 0 Å². The average molecular weight is 322 g/mol. The molecule has 0 aliphatic rings. The van der Waals surface area contributed by atoms with Crippen LogP contribution in [0, 0.1) is 3.57 Å². The van der Waals surface area contributed by atoms with Gasteiger partial charge in [-0.05, 0) is 46.9 Å². The molecule has 0 fully saturated rings. The standard InChI is InChI=1S/C12H7IN2O/c13-8-4-5-10(14-6-8)9-2-1-3-11-12(9)16-7-15-11/h1-7H. The fraction of sp³-hybridized carbons (Fsp3) is 0. The van der Waals surface area contributed by atoms with Crippen LogP contribution >= 0.6 is 22.6 Å². The second-order valence-electron chi connectivity index (χ2n) is 3.37. The van der Waals surface area contributed by atoms with Crippen molar-refractivity contribution < 1.29 is 4.42 Å². The lowest BCUT2D eigenvalue weighted by Crippen LogP contribution is -1.84. The van der Waals surface area contributed by atoms with Gasteiger partial charge in [0.05, 0.1) is 5.69 Å². The molecule has 2 heterocycles. The lowest BCUT2D eigenvalue weighted by molar-refractivity contribution is 0.603. The van der Waals surface area contributed by atoms with E-state index >= 15 is 0 Å².